The van der Waals surface area contributed by atoms with Crippen LogP contribution in [0.25, 0.3) is 0 Å². The molecule has 1 fully saturated rings. The topological polar surface area (TPSA) is 12.5 Å². The third-order valence-corrected chi connectivity index (χ3v) is 2.41. The van der Waals surface area contributed by atoms with E-state index in [4.69, 9.17) is 4.74 Å². The van der Waals surface area contributed by atoms with E-state index in [9.17, 15) is 0 Å². The number of ether oxygens (including phenoxy) is 1. The zero-order valence-electron chi connectivity index (χ0n) is 8.71. The summed E-state index contributed by atoms with van der Waals surface area (Å²) in [7, 11) is 0. The van der Waals surface area contributed by atoms with Crippen LogP contribution in [-0.4, -0.2) is 30.3 Å². The Balaban J connectivity index is 2.54. The van der Waals surface area contributed by atoms with E-state index in [2.05, 4.69) is 32.6 Å². The van der Waals surface area contributed by atoms with Gasteiger partial charge in [-0.3, -0.25) is 4.90 Å². The molecule has 1 saturated heterocycles. The van der Waals surface area contributed by atoms with Crippen molar-refractivity contribution < 1.29 is 4.74 Å². The van der Waals surface area contributed by atoms with Crippen LogP contribution in [0.1, 0.15) is 34.1 Å². The Labute approximate surface area is 75.9 Å². The van der Waals surface area contributed by atoms with Gasteiger partial charge in [0.15, 0.2) is 0 Å². The molecule has 0 radical (unpaired) electrons. The van der Waals surface area contributed by atoms with Crippen molar-refractivity contribution in [2.24, 2.45) is 5.92 Å². The van der Waals surface area contributed by atoms with E-state index in [0.29, 0.717) is 18.2 Å². The number of hydrogen-bond donors (Lipinski definition) is 0. The molecule has 0 aromatic rings. The molecule has 1 atom stereocenters. The Bertz CT molecular complexity index is 118. The molecule has 1 aliphatic heterocycles. The maximum atomic E-state index is 5.74. The lowest BCUT2D eigenvalue weighted by Crippen LogP contribution is -2.49. The zero-order chi connectivity index (χ0) is 9.14. The summed E-state index contributed by atoms with van der Waals surface area (Å²) in [5.41, 5.74) is 0. The van der Waals surface area contributed by atoms with Crippen LogP contribution in [-0.2, 0) is 4.74 Å². The molecule has 0 saturated carbocycles. The van der Waals surface area contributed by atoms with Gasteiger partial charge in [-0.15, -0.1) is 0 Å². The van der Waals surface area contributed by atoms with Crippen LogP contribution in [0.4, 0.5) is 0 Å². The molecule has 1 heterocycles. The number of hydrogen-bond acceptors (Lipinski definition) is 2. The van der Waals surface area contributed by atoms with Gasteiger partial charge in [-0.05, 0) is 26.2 Å². The lowest BCUT2D eigenvalue weighted by molar-refractivity contribution is -0.130. The third kappa shape index (κ3) is 2.20. The lowest BCUT2D eigenvalue weighted by atomic mass is 10.1. The summed E-state index contributed by atoms with van der Waals surface area (Å²) in [6.07, 6.45) is 1.53. The fraction of sp³-hybridized carbons (Fsp3) is 1.00. The summed E-state index contributed by atoms with van der Waals surface area (Å²) in [4.78, 5) is 2.45. The Morgan fingerprint density at radius 2 is 1.92 bits per heavy atom. The van der Waals surface area contributed by atoms with Gasteiger partial charge in [0.2, 0.25) is 0 Å². The van der Waals surface area contributed by atoms with Crippen LogP contribution in [0.15, 0.2) is 0 Å². The molecule has 1 unspecified atom stereocenters. The lowest BCUT2D eigenvalue weighted by Gasteiger charge is -2.40. The fourth-order valence-electron chi connectivity index (χ4n) is 1.80. The molecule has 72 valence electrons. The van der Waals surface area contributed by atoms with E-state index >= 15 is 0 Å². The smallest absolute Gasteiger partial charge is 0.113 e. The highest BCUT2D eigenvalue weighted by atomic mass is 16.5. The van der Waals surface area contributed by atoms with Crippen molar-refractivity contribution in [2.75, 3.05) is 13.2 Å². The highest BCUT2D eigenvalue weighted by Gasteiger charge is 2.27. The van der Waals surface area contributed by atoms with Gasteiger partial charge in [0.05, 0.1) is 0 Å². The first-order valence-corrected chi connectivity index (χ1v) is 5.00. The molecule has 0 spiro atoms. The van der Waals surface area contributed by atoms with Crippen molar-refractivity contribution in [3.63, 3.8) is 0 Å². The van der Waals surface area contributed by atoms with Crippen molar-refractivity contribution in [1.82, 2.24) is 4.90 Å². The molecule has 0 aliphatic carbocycles. The molecule has 12 heavy (non-hydrogen) atoms. The molecule has 2 heteroatoms. The van der Waals surface area contributed by atoms with Crippen LogP contribution in [0.5, 0.6) is 0 Å². The number of rotatable bonds is 2. The Morgan fingerprint density at radius 1 is 1.25 bits per heavy atom. The highest BCUT2D eigenvalue weighted by Crippen LogP contribution is 2.19. The highest BCUT2D eigenvalue weighted by molar-refractivity contribution is 4.73. The van der Waals surface area contributed by atoms with Gasteiger partial charge in [-0.25, -0.2) is 0 Å². The van der Waals surface area contributed by atoms with Crippen LogP contribution in [0, 0.1) is 5.92 Å². The summed E-state index contributed by atoms with van der Waals surface area (Å²) in [5, 5.41) is 0. The fourth-order valence-corrected chi connectivity index (χ4v) is 1.80. The van der Waals surface area contributed by atoms with Crippen LogP contribution >= 0.6 is 0 Å². The molecule has 0 aromatic carbocycles. The Kier molecular flexibility index (Phi) is 3.53. The van der Waals surface area contributed by atoms with E-state index in [-0.39, 0.29) is 0 Å². The van der Waals surface area contributed by atoms with Gasteiger partial charge >= 0.3 is 0 Å². The normalized spacial score (nSPS) is 27.0. The second kappa shape index (κ2) is 4.24. The maximum absolute atomic E-state index is 5.74. The van der Waals surface area contributed by atoms with Crippen LogP contribution < -0.4 is 0 Å². The molecule has 0 N–H and O–H groups in total. The standard InChI is InChI=1S/C10H21NO/c1-8(2)10-11(9(3)4)6-5-7-12-10/h8-10H,5-7H2,1-4H3. The van der Waals surface area contributed by atoms with E-state index in [0.717, 1.165) is 6.61 Å². The second-order valence-corrected chi connectivity index (χ2v) is 4.19. The van der Waals surface area contributed by atoms with Crippen molar-refractivity contribution in [1.29, 1.82) is 0 Å². The summed E-state index contributed by atoms with van der Waals surface area (Å²) in [5.74, 6) is 0.604. The first-order chi connectivity index (χ1) is 5.63. The average Bonchev–Trinajstić information content (AvgIpc) is 2.04. The molecule has 0 bridgehead atoms. The van der Waals surface area contributed by atoms with Crippen molar-refractivity contribution in [3.05, 3.63) is 0 Å². The Morgan fingerprint density at radius 3 is 2.33 bits per heavy atom. The van der Waals surface area contributed by atoms with Crippen molar-refractivity contribution >= 4 is 0 Å². The quantitative estimate of drug-likeness (QED) is 0.631. The Hall–Kier alpha value is -0.0800. The van der Waals surface area contributed by atoms with E-state index in [1.807, 2.05) is 0 Å². The van der Waals surface area contributed by atoms with Gasteiger partial charge in [-0.2, -0.15) is 0 Å². The zero-order valence-corrected chi connectivity index (χ0v) is 8.71. The summed E-state index contributed by atoms with van der Waals surface area (Å²) in [6.45, 7) is 11.1. The third-order valence-electron chi connectivity index (χ3n) is 2.41. The van der Waals surface area contributed by atoms with Gasteiger partial charge in [0, 0.05) is 19.2 Å². The van der Waals surface area contributed by atoms with E-state index < -0.39 is 0 Å². The summed E-state index contributed by atoms with van der Waals surface area (Å²) in [6, 6.07) is 0.609. The minimum Gasteiger partial charge on any atom is -0.363 e. The maximum Gasteiger partial charge on any atom is 0.113 e. The van der Waals surface area contributed by atoms with E-state index in [1.54, 1.807) is 0 Å². The molecule has 0 aromatic heterocycles. The average molecular weight is 171 g/mol. The summed E-state index contributed by atoms with van der Waals surface area (Å²) >= 11 is 0. The van der Waals surface area contributed by atoms with Gasteiger partial charge in [0.1, 0.15) is 6.23 Å². The van der Waals surface area contributed by atoms with Crippen molar-refractivity contribution in [2.45, 2.75) is 46.4 Å². The first kappa shape index (κ1) is 10.0. The van der Waals surface area contributed by atoms with E-state index in [1.165, 1.54) is 13.0 Å². The molecular formula is C10H21NO. The SMILES string of the molecule is CC(C)C1OCCCN1C(C)C. The molecule has 1 rings (SSSR count). The predicted molar refractivity (Wildman–Crippen MR) is 51.0 cm³/mol. The van der Waals surface area contributed by atoms with Crippen LogP contribution in [0.3, 0.4) is 0 Å². The van der Waals surface area contributed by atoms with Gasteiger partial charge in [-0.1, -0.05) is 13.8 Å². The van der Waals surface area contributed by atoms with Crippen LogP contribution in [0.2, 0.25) is 0 Å². The molecule has 0 amide bonds. The molecular weight excluding hydrogens is 150 g/mol. The molecule has 1 aliphatic rings. The monoisotopic (exact) mass is 171 g/mol. The second-order valence-electron chi connectivity index (χ2n) is 4.19. The van der Waals surface area contributed by atoms with Gasteiger partial charge in [0.25, 0.3) is 0 Å². The number of nitrogens with zero attached hydrogens (tertiary/aromatic N) is 1. The van der Waals surface area contributed by atoms with Gasteiger partial charge < -0.3 is 4.74 Å². The predicted octanol–water partition coefficient (Wildman–Crippen LogP) is 2.10. The largest absolute Gasteiger partial charge is 0.363 e. The summed E-state index contributed by atoms with van der Waals surface area (Å²) < 4.78 is 5.74. The minimum absolute atomic E-state index is 0.346. The first-order valence-electron chi connectivity index (χ1n) is 5.00. The van der Waals surface area contributed by atoms with Crippen molar-refractivity contribution in [3.8, 4) is 0 Å². The molecule has 2 nitrogen and oxygen atoms in total. The minimum atomic E-state index is 0.346.